The van der Waals surface area contributed by atoms with Crippen molar-refractivity contribution in [3.8, 4) is 0 Å². The Morgan fingerprint density at radius 2 is 1.62 bits per heavy atom. The van der Waals surface area contributed by atoms with Gasteiger partial charge in [0.05, 0.1) is 15.8 Å². The maximum absolute atomic E-state index is 12.2. The highest BCUT2D eigenvalue weighted by atomic mass is 32.2. The zero-order valence-electron chi connectivity index (χ0n) is 13.0. The van der Waals surface area contributed by atoms with Crippen LogP contribution in [0, 0.1) is 0 Å². The van der Waals surface area contributed by atoms with Gasteiger partial charge in [-0.1, -0.05) is 38.1 Å². The van der Waals surface area contributed by atoms with Gasteiger partial charge in [0.25, 0.3) is 0 Å². The minimum Gasteiger partial charge on any atom is -0.329 e. The zero-order valence-corrected chi connectivity index (χ0v) is 13.8. The monoisotopic (exact) mass is 308 g/mol. The molecule has 0 saturated carbocycles. The summed E-state index contributed by atoms with van der Waals surface area (Å²) in [6, 6.07) is 7.62. The maximum Gasteiger partial charge on any atom is 0.349 e. The van der Waals surface area contributed by atoms with Crippen molar-refractivity contribution in [1.29, 1.82) is 0 Å². The third-order valence-corrected chi connectivity index (χ3v) is 6.22. The molecule has 1 N–H and O–H groups in total. The van der Waals surface area contributed by atoms with E-state index in [1.54, 1.807) is 0 Å². The summed E-state index contributed by atoms with van der Waals surface area (Å²) in [6.45, 7) is 6.22. The van der Waals surface area contributed by atoms with Crippen molar-refractivity contribution in [3.63, 3.8) is 0 Å². The van der Waals surface area contributed by atoms with Crippen molar-refractivity contribution in [2.24, 2.45) is 4.36 Å². The van der Waals surface area contributed by atoms with Gasteiger partial charge < -0.3 is 5.32 Å². The molecular weight excluding hydrogens is 284 g/mol. The van der Waals surface area contributed by atoms with Gasteiger partial charge in [0.1, 0.15) is 0 Å². The molecule has 0 radical (unpaired) electrons. The predicted molar refractivity (Wildman–Crippen MR) is 87.0 cm³/mol. The second kappa shape index (κ2) is 6.60. The quantitative estimate of drug-likeness (QED) is 0.922. The van der Waals surface area contributed by atoms with Gasteiger partial charge in [-0.25, -0.2) is 9.00 Å². The van der Waals surface area contributed by atoms with Crippen LogP contribution < -0.4 is 5.32 Å². The summed E-state index contributed by atoms with van der Waals surface area (Å²) in [5.41, 5.74) is 2.31. The fraction of sp³-hybridized carbons (Fsp3) is 0.562. The predicted octanol–water partition coefficient (Wildman–Crippen LogP) is 3.84. The molecule has 4 nitrogen and oxygen atoms in total. The number of hydrogen-bond donors (Lipinski definition) is 1. The highest BCUT2D eigenvalue weighted by Gasteiger charge is 2.19. The van der Waals surface area contributed by atoms with Gasteiger partial charge in [-0.3, -0.25) is 0 Å². The average molecular weight is 308 g/mol. The molecule has 1 aromatic carbocycles. The van der Waals surface area contributed by atoms with Gasteiger partial charge in [-0.15, -0.1) is 4.36 Å². The molecule has 5 heteroatoms. The lowest BCUT2D eigenvalue weighted by Gasteiger charge is -2.14. The van der Waals surface area contributed by atoms with E-state index in [4.69, 9.17) is 0 Å². The van der Waals surface area contributed by atoms with E-state index in [9.17, 15) is 9.00 Å². The number of hydrogen-bond acceptors (Lipinski definition) is 2. The van der Waals surface area contributed by atoms with E-state index in [1.165, 1.54) is 5.56 Å². The second-order valence-electron chi connectivity index (χ2n) is 5.97. The van der Waals surface area contributed by atoms with Crippen LogP contribution in [0.15, 0.2) is 28.6 Å². The number of carbonyl (C=O) groups excluding carboxylic acids is 1. The lowest BCUT2D eigenvalue weighted by Crippen LogP contribution is -2.25. The van der Waals surface area contributed by atoms with E-state index in [0.29, 0.717) is 17.4 Å². The number of benzene rings is 1. The van der Waals surface area contributed by atoms with Crippen LogP contribution in [0.5, 0.6) is 0 Å². The fourth-order valence-corrected chi connectivity index (χ4v) is 4.52. The van der Waals surface area contributed by atoms with E-state index >= 15 is 0 Å². The average Bonchev–Trinajstić information content (AvgIpc) is 2.84. The van der Waals surface area contributed by atoms with Crippen LogP contribution in [0.2, 0.25) is 0 Å². The maximum atomic E-state index is 12.2. The lowest BCUT2D eigenvalue weighted by molar-refractivity contribution is 0.247. The van der Waals surface area contributed by atoms with Crippen LogP contribution >= 0.6 is 0 Å². The summed E-state index contributed by atoms with van der Waals surface area (Å²) in [4.78, 5) is 11.9. The molecule has 1 unspecified atom stereocenters. The highest BCUT2D eigenvalue weighted by molar-refractivity contribution is 7.94. The van der Waals surface area contributed by atoms with E-state index in [2.05, 4.69) is 35.7 Å². The summed E-state index contributed by atoms with van der Waals surface area (Å²) in [7, 11) is -2.29. The van der Waals surface area contributed by atoms with Crippen LogP contribution in [0.3, 0.4) is 0 Å². The van der Waals surface area contributed by atoms with E-state index < -0.39 is 15.8 Å². The molecule has 1 saturated heterocycles. The molecule has 1 aliphatic rings. The number of nitrogens with one attached hydrogen (secondary N) is 1. The van der Waals surface area contributed by atoms with Crippen molar-refractivity contribution in [2.45, 2.75) is 45.6 Å². The van der Waals surface area contributed by atoms with Gasteiger partial charge in [0, 0.05) is 11.5 Å². The first kappa shape index (κ1) is 16.0. The molecule has 2 amide bonds. The van der Waals surface area contributed by atoms with Crippen LogP contribution in [0.1, 0.15) is 56.7 Å². The number of rotatable bonds is 3. The first-order chi connectivity index (χ1) is 9.89. The molecule has 0 spiro atoms. The molecule has 0 aliphatic carbocycles. The molecule has 1 aromatic rings. The van der Waals surface area contributed by atoms with Crippen molar-refractivity contribution in [3.05, 3.63) is 35.4 Å². The van der Waals surface area contributed by atoms with Crippen LogP contribution in [0.4, 0.5) is 4.79 Å². The largest absolute Gasteiger partial charge is 0.349 e. The topological polar surface area (TPSA) is 58.5 Å². The van der Waals surface area contributed by atoms with E-state index in [-0.39, 0.29) is 6.04 Å². The summed E-state index contributed by atoms with van der Waals surface area (Å²) >= 11 is 0. The van der Waals surface area contributed by atoms with Crippen molar-refractivity contribution < 1.29 is 9.00 Å². The second-order valence-corrected chi connectivity index (χ2v) is 8.52. The van der Waals surface area contributed by atoms with Gasteiger partial charge in [0.2, 0.25) is 0 Å². The molecule has 2 rings (SSSR count). The van der Waals surface area contributed by atoms with Gasteiger partial charge >= 0.3 is 6.03 Å². The normalized spacial score (nSPS) is 18.5. The standard InChI is InChI=1S/C16H24N2O2S/c1-12(2)14-6-8-15(9-7-14)13(3)17-16(19)18-21(20)10-4-5-11-21/h6-9,12-13H,4-5,10-11H2,1-3H3,(H,17,19). The summed E-state index contributed by atoms with van der Waals surface area (Å²) in [5.74, 6) is 1.60. The van der Waals surface area contributed by atoms with Crippen LogP contribution in [-0.2, 0) is 9.73 Å². The Hall–Kier alpha value is -1.36. The smallest absolute Gasteiger partial charge is 0.329 e. The fourth-order valence-electron chi connectivity index (χ4n) is 2.46. The summed E-state index contributed by atoms with van der Waals surface area (Å²) in [5, 5.41) is 2.81. The molecular formula is C16H24N2O2S. The number of urea groups is 1. The number of amides is 2. The Bertz CT molecular complexity index is 602. The minimum absolute atomic E-state index is 0.133. The highest BCUT2D eigenvalue weighted by Crippen LogP contribution is 2.19. The van der Waals surface area contributed by atoms with Gasteiger partial charge in [-0.05, 0) is 36.8 Å². The van der Waals surface area contributed by atoms with Crippen molar-refractivity contribution in [2.75, 3.05) is 11.5 Å². The first-order valence-electron chi connectivity index (χ1n) is 7.52. The molecule has 0 aromatic heterocycles. The Kier molecular flexibility index (Phi) is 5.04. The Morgan fingerprint density at radius 1 is 1.10 bits per heavy atom. The molecule has 1 fully saturated rings. The van der Waals surface area contributed by atoms with Gasteiger partial charge in [-0.2, -0.15) is 0 Å². The SMILES string of the molecule is CC(C)c1ccc(C(C)NC(=O)N=S2(=O)CCCC2)cc1. The van der Waals surface area contributed by atoms with E-state index in [0.717, 1.165) is 18.4 Å². The first-order valence-corrected chi connectivity index (χ1v) is 9.38. The Labute approximate surface area is 127 Å². The molecule has 21 heavy (non-hydrogen) atoms. The van der Waals surface area contributed by atoms with Crippen molar-refractivity contribution >= 4 is 15.8 Å². The molecule has 1 heterocycles. The minimum atomic E-state index is -2.29. The molecule has 0 bridgehead atoms. The molecule has 1 aliphatic heterocycles. The van der Waals surface area contributed by atoms with Crippen molar-refractivity contribution in [1.82, 2.24) is 5.32 Å². The lowest BCUT2D eigenvalue weighted by atomic mass is 10.00. The molecule has 1 atom stereocenters. The number of nitrogens with zero attached hydrogens (tertiary/aromatic N) is 1. The third kappa shape index (κ3) is 4.30. The van der Waals surface area contributed by atoms with Gasteiger partial charge in [0.15, 0.2) is 0 Å². The third-order valence-electron chi connectivity index (χ3n) is 3.87. The van der Waals surface area contributed by atoms with Crippen LogP contribution in [0.25, 0.3) is 0 Å². The summed E-state index contributed by atoms with van der Waals surface area (Å²) in [6.07, 6.45) is 1.81. The Balaban J connectivity index is 2.02. The summed E-state index contributed by atoms with van der Waals surface area (Å²) < 4.78 is 16.1. The zero-order chi connectivity index (χ0) is 15.5. The number of carbonyl (C=O) groups is 1. The Morgan fingerprint density at radius 3 is 2.14 bits per heavy atom. The molecule has 116 valence electrons. The van der Waals surface area contributed by atoms with E-state index in [1.807, 2.05) is 19.1 Å². The van der Waals surface area contributed by atoms with Crippen LogP contribution in [-0.4, -0.2) is 21.7 Å².